The van der Waals surface area contributed by atoms with E-state index in [1.54, 1.807) is 7.11 Å². The molecular weight excluding hydrogens is 266 g/mol. The van der Waals surface area contributed by atoms with Crippen molar-refractivity contribution in [1.82, 2.24) is 10.2 Å². The fourth-order valence-electron chi connectivity index (χ4n) is 1.28. The number of hydrogen-bond donors (Lipinski definition) is 0. The molecule has 1 heterocycles. The molecule has 1 atom stereocenters. The summed E-state index contributed by atoms with van der Waals surface area (Å²) in [6.45, 7) is 5.82. The van der Waals surface area contributed by atoms with Gasteiger partial charge in [-0.15, -0.1) is 10.2 Å². The van der Waals surface area contributed by atoms with E-state index in [1.165, 1.54) is 11.3 Å². The molecular formula is C8H14BrN3OS. The summed E-state index contributed by atoms with van der Waals surface area (Å²) in [6, 6.07) is 0.324. The molecule has 0 radical (unpaired) electrons. The standard InChI is InChI=1S/C8H14BrN3OS/c1-4-12(6(2)5-13-3)8-11-10-7(9)14-8/h6H,4-5H2,1-3H3. The molecule has 0 aliphatic heterocycles. The number of methoxy groups -OCH3 is 1. The van der Waals surface area contributed by atoms with Gasteiger partial charge in [-0.25, -0.2) is 0 Å². The molecule has 1 rings (SSSR count). The van der Waals surface area contributed by atoms with Gasteiger partial charge in [-0.2, -0.15) is 0 Å². The molecule has 0 saturated carbocycles. The molecule has 0 fully saturated rings. The molecule has 0 aliphatic rings. The zero-order chi connectivity index (χ0) is 10.6. The van der Waals surface area contributed by atoms with Crippen molar-refractivity contribution in [2.45, 2.75) is 19.9 Å². The smallest absolute Gasteiger partial charge is 0.209 e. The average Bonchev–Trinajstić information content (AvgIpc) is 2.54. The third-order valence-electron chi connectivity index (χ3n) is 1.92. The predicted molar refractivity (Wildman–Crippen MR) is 62.0 cm³/mol. The molecule has 0 amide bonds. The summed E-state index contributed by atoms with van der Waals surface area (Å²) in [5, 5.41) is 8.95. The molecule has 6 heteroatoms. The Hall–Kier alpha value is -0.200. The van der Waals surface area contributed by atoms with Crippen LogP contribution in [0.1, 0.15) is 13.8 Å². The lowest BCUT2D eigenvalue weighted by Crippen LogP contribution is -2.36. The molecule has 14 heavy (non-hydrogen) atoms. The van der Waals surface area contributed by atoms with Gasteiger partial charge in [-0.1, -0.05) is 11.3 Å². The number of ether oxygens (including phenoxy) is 1. The molecule has 1 aromatic heterocycles. The fourth-order valence-corrected chi connectivity index (χ4v) is 2.53. The van der Waals surface area contributed by atoms with Crippen LogP contribution in [0.2, 0.25) is 0 Å². The quantitative estimate of drug-likeness (QED) is 0.828. The van der Waals surface area contributed by atoms with Crippen molar-refractivity contribution in [3.63, 3.8) is 0 Å². The van der Waals surface area contributed by atoms with Gasteiger partial charge in [-0.05, 0) is 29.8 Å². The van der Waals surface area contributed by atoms with Crippen molar-refractivity contribution < 1.29 is 4.74 Å². The SMILES string of the molecule is CCN(c1nnc(Br)s1)C(C)COC. The van der Waals surface area contributed by atoms with Crippen LogP contribution in [0.5, 0.6) is 0 Å². The Morgan fingerprint density at radius 1 is 1.57 bits per heavy atom. The number of nitrogens with zero attached hydrogens (tertiary/aromatic N) is 3. The molecule has 80 valence electrons. The molecule has 0 N–H and O–H groups in total. The highest BCUT2D eigenvalue weighted by Gasteiger charge is 2.16. The molecule has 0 saturated heterocycles. The number of aromatic nitrogens is 2. The van der Waals surface area contributed by atoms with Gasteiger partial charge in [0.2, 0.25) is 5.13 Å². The van der Waals surface area contributed by atoms with Gasteiger partial charge in [0.05, 0.1) is 12.6 Å². The van der Waals surface area contributed by atoms with Crippen LogP contribution in [-0.2, 0) is 4.74 Å². The second-order valence-electron chi connectivity index (χ2n) is 2.93. The van der Waals surface area contributed by atoms with E-state index in [0.717, 1.165) is 15.6 Å². The number of likely N-dealkylation sites (N-methyl/N-ethyl adjacent to an activating group) is 1. The number of anilines is 1. The minimum absolute atomic E-state index is 0.324. The first-order valence-electron chi connectivity index (χ1n) is 4.43. The maximum absolute atomic E-state index is 5.12. The average molecular weight is 280 g/mol. The fraction of sp³-hybridized carbons (Fsp3) is 0.750. The lowest BCUT2D eigenvalue weighted by atomic mass is 10.3. The molecule has 0 bridgehead atoms. The van der Waals surface area contributed by atoms with E-state index < -0.39 is 0 Å². The Kier molecular flexibility index (Phi) is 4.77. The zero-order valence-corrected chi connectivity index (χ0v) is 10.9. The summed E-state index contributed by atoms with van der Waals surface area (Å²) in [6.07, 6.45) is 0. The van der Waals surface area contributed by atoms with Gasteiger partial charge in [-0.3, -0.25) is 0 Å². The van der Waals surface area contributed by atoms with E-state index in [-0.39, 0.29) is 0 Å². The molecule has 0 aromatic carbocycles. The molecule has 1 unspecified atom stereocenters. The van der Waals surface area contributed by atoms with Gasteiger partial charge in [0, 0.05) is 13.7 Å². The maximum atomic E-state index is 5.12. The van der Waals surface area contributed by atoms with Crippen LogP contribution < -0.4 is 4.90 Å². The molecule has 0 aliphatic carbocycles. The van der Waals surface area contributed by atoms with Crippen molar-refractivity contribution in [3.05, 3.63) is 3.92 Å². The van der Waals surface area contributed by atoms with Gasteiger partial charge in [0.1, 0.15) is 0 Å². The monoisotopic (exact) mass is 279 g/mol. The predicted octanol–water partition coefficient (Wildman–Crippen LogP) is 2.16. The second-order valence-corrected chi connectivity index (χ2v) is 5.16. The van der Waals surface area contributed by atoms with Gasteiger partial charge < -0.3 is 9.64 Å². The summed E-state index contributed by atoms with van der Waals surface area (Å²) in [4.78, 5) is 2.17. The molecule has 0 spiro atoms. The summed E-state index contributed by atoms with van der Waals surface area (Å²) in [5.74, 6) is 0. The molecule has 1 aromatic rings. The maximum Gasteiger partial charge on any atom is 0.209 e. The lowest BCUT2D eigenvalue weighted by molar-refractivity contribution is 0.182. The first-order chi connectivity index (χ1) is 6.69. The highest BCUT2D eigenvalue weighted by Crippen LogP contribution is 2.25. The van der Waals surface area contributed by atoms with E-state index in [4.69, 9.17) is 4.74 Å². The van der Waals surface area contributed by atoms with Crippen LogP contribution in [0.4, 0.5) is 5.13 Å². The topological polar surface area (TPSA) is 38.2 Å². The van der Waals surface area contributed by atoms with Crippen LogP contribution in [0.25, 0.3) is 0 Å². The van der Waals surface area contributed by atoms with Crippen molar-refractivity contribution >= 4 is 32.4 Å². The number of hydrogen-bond acceptors (Lipinski definition) is 5. The summed E-state index contributed by atoms with van der Waals surface area (Å²) < 4.78 is 5.93. The highest BCUT2D eigenvalue weighted by molar-refractivity contribution is 9.11. The van der Waals surface area contributed by atoms with Crippen molar-refractivity contribution in [3.8, 4) is 0 Å². The van der Waals surface area contributed by atoms with Crippen LogP contribution in [0.15, 0.2) is 3.92 Å². The summed E-state index contributed by atoms with van der Waals surface area (Å²) in [5.41, 5.74) is 0. The second kappa shape index (κ2) is 5.63. The van der Waals surface area contributed by atoms with Crippen LogP contribution in [0.3, 0.4) is 0 Å². The third kappa shape index (κ3) is 2.90. The Labute approximate surface area is 96.4 Å². The lowest BCUT2D eigenvalue weighted by Gasteiger charge is -2.26. The van der Waals surface area contributed by atoms with E-state index in [2.05, 4.69) is 44.9 Å². The first kappa shape index (κ1) is 11.9. The van der Waals surface area contributed by atoms with Crippen molar-refractivity contribution in [1.29, 1.82) is 0 Å². The van der Waals surface area contributed by atoms with Crippen LogP contribution in [-0.4, -0.2) is 36.5 Å². The van der Waals surface area contributed by atoms with Crippen LogP contribution in [0, 0.1) is 0 Å². The first-order valence-corrected chi connectivity index (χ1v) is 6.04. The number of rotatable bonds is 5. The minimum atomic E-state index is 0.324. The van der Waals surface area contributed by atoms with E-state index in [9.17, 15) is 0 Å². The summed E-state index contributed by atoms with van der Waals surface area (Å²) >= 11 is 4.84. The zero-order valence-electron chi connectivity index (χ0n) is 8.53. The van der Waals surface area contributed by atoms with Gasteiger partial charge >= 0.3 is 0 Å². The number of halogens is 1. The highest BCUT2D eigenvalue weighted by atomic mass is 79.9. The Bertz CT molecular complexity index is 281. The minimum Gasteiger partial charge on any atom is -0.383 e. The van der Waals surface area contributed by atoms with Crippen molar-refractivity contribution in [2.75, 3.05) is 25.2 Å². The van der Waals surface area contributed by atoms with E-state index in [0.29, 0.717) is 12.6 Å². The van der Waals surface area contributed by atoms with E-state index >= 15 is 0 Å². The Balaban J connectivity index is 2.71. The van der Waals surface area contributed by atoms with E-state index in [1.807, 2.05) is 0 Å². The summed E-state index contributed by atoms with van der Waals surface area (Å²) in [7, 11) is 1.71. The van der Waals surface area contributed by atoms with Gasteiger partial charge in [0.15, 0.2) is 3.92 Å². The Morgan fingerprint density at radius 2 is 2.29 bits per heavy atom. The van der Waals surface area contributed by atoms with Crippen molar-refractivity contribution in [2.24, 2.45) is 0 Å². The molecule has 4 nitrogen and oxygen atoms in total. The third-order valence-corrected chi connectivity index (χ3v) is 3.31. The largest absolute Gasteiger partial charge is 0.383 e. The van der Waals surface area contributed by atoms with Gasteiger partial charge in [0.25, 0.3) is 0 Å². The van der Waals surface area contributed by atoms with Crippen LogP contribution >= 0.6 is 27.3 Å². The normalized spacial score (nSPS) is 12.9. The Morgan fingerprint density at radius 3 is 2.71 bits per heavy atom.